The van der Waals surface area contributed by atoms with Gasteiger partial charge in [-0.25, -0.2) is 0 Å². The Morgan fingerprint density at radius 2 is 2.00 bits per heavy atom. The fourth-order valence-electron chi connectivity index (χ4n) is 2.34. The summed E-state index contributed by atoms with van der Waals surface area (Å²) in [7, 11) is 0. The summed E-state index contributed by atoms with van der Waals surface area (Å²) in [4.78, 5) is 30.9. The maximum absolute atomic E-state index is 12.1. The summed E-state index contributed by atoms with van der Waals surface area (Å²) in [5.74, 6) is -0.230. The van der Waals surface area contributed by atoms with Crippen LogP contribution < -0.4 is 10.9 Å². The first-order valence-electron chi connectivity index (χ1n) is 6.95. The number of carbonyl (C=O) groups is 1. The van der Waals surface area contributed by atoms with Crippen molar-refractivity contribution < 1.29 is 4.79 Å². The number of rotatable bonds is 3. The SMILES string of the molecule is Cc1cccc2cc(CNC(=O)c3ccncc3)c(=O)[nH]c12. The number of H-pyrrole nitrogens is 1. The molecule has 0 aliphatic rings. The third kappa shape index (κ3) is 2.74. The van der Waals surface area contributed by atoms with Gasteiger partial charge >= 0.3 is 0 Å². The number of benzene rings is 1. The molecule has 3 rings (SSSR count). The summed E-state index contributed by atoms with van der Waals surface area (Å²) in [5.41, 5.74) is 2.71. The van der Waals surface area contributed by atoms with Gasteiger partial charge in [0, 0.05) is 30.1 Å². The normalized spacial score (nSPS) is 10.6. The van der Waals surface area contributed by atoms with E-state index >= 15 is 0 Å². The maximum atomic E-state index is 12.1. The van der Waals surface area contributed by atoms with Gasteiger partial charge < -0.3 is 10.3 Å². The predicted molar refractivity (Wildman–Crippen MR) is 84.7 cm³/mol. The standard InChI is InChI=1S/C17H15N3O2/c1-11-3-2-4-13-9-14(17(22)20-15(11)13)10-19-16(21)12-5-7-18-8-6-12/h2-9H,10H2,1H3,(H,19,21)(H,20,22). The number of aryl methyl sites for hydroxylation is 1. The second-order valence-electron chi connectivity index (χ2n) is 5.08. The molecule has 0 saturated carbocycles. The van der Waals surface area contributed by atoms with Gasteiger partial charge in [-0.15, -0.1) is 0 Å². The van der Waals surface area contributed by atoms with E-state index in [1.54, 1.807) is 24.5 Å². The number of nitrogens with zero attached hydrogens (tertiary/aromatic N) is 1. The van der Waals surface area contributed by atoms with E-state index in [1.165, 1.54) is 0 Å². The minimum Gasteiger partial charge on any atom is -0.348 e. The summed E-state index contributed by atoms with van der Waals surface area (Å²) in [6, 6.07) is 10.9. The molecule has 2 heterocycles. The number of aromatic amines is 1. The average Bonchev–Trinajstić information content (AvgIpc) is 2.54. The Bertz CT molecular complexity index is 885. The molecule has 1 aromatic carbocycles. The van der Waals surface area contributed by atoms with Gasteiger partial charge in [0.15, 0.2) is 0 Å². The highest BCUT2D eigenvalue weighted by Crippen LogP contribution is 2.14. The van der Waals surface area contributed by atoms with Crippen molar-refractivity contribution in [2.24, 2.45) is 0 Å². The molecule has 110 valence electrons. The van der Waals surface area contributed by atoms with Crippen LogP contribution in [0, 0.1) is 6.92 Å². The van der Waals surface area contributed by atoms with Crippen molar-refractivity contribution >= 4 is 16.8 Å². The molecular weight excluding hydrogens is 278 g/mol. The van der Waals surface area contributed by atoms with Crippen LogP contribution >= 0.6 is 0 Å². The quantitative estimate of drug-likeness (QED) is 0.777. The van der Waals surface area contributed by atoms with Gasteiger partial charge in [-0.2, -0.15) is 0 Å². The van der Waals surface area contributed by atoms with E-state index in [2.05, 4.69) is 15.3 Å². The van der Waals surface area contributed by atoms with Gasteiger partial charge in [0.1, 0.15) is 0 Å². The number of fused-ring (bicyclic) bond motifs is 1. The molecule has 0 aliphatic heterocycles. The minimum absolute atomic E-state index is 0.181. The molecule has 22 heavy (non-hydrogen) atoms. The van der Waals surface area contributed by atoms with Crippen molar-refractivity contribution in [2.75, 3.05) is 0 Å². The molecule has 2 N–H and O–H groups in total. The highest BCUT2D eigenvalue weighted by molar-refractivity contribution is 5.94. The topological polar surface area (TPSA) is 74.8 Å². The van der Waals surface area contributed by atoms with Gasteiger partial charge in [-0.3, -0.25) is 14.6 Å². The number of carbonyl (C=O) groups excluding carboxylic acids is 1. The predicted octanol–water partition coefficient (Wildman–Crippen LogP) is 2.16. The Kier molecular flexibility index (Phi) is 3.70. The first-order valence-corrected chi connectivity index (χ1v) is 6.95. The van der Waals surface area contributed by atoms with Gasteiger partial charge in [0.2, 0.25) is 0 Å². The number of hydrogen-bond donors (Lipinski definition) is 2. The Balaban J connectivity index is 1.84. The van der Waals surface area contributed by atoms with Crippen LogP contribution in [0.25, 0.3) is 10.9 Å². The van der Waals surface area contributed by atoms with E-state index in [0.717, 1.165) is 16.5 Å². The van der Waals surface area contributed by atoms with E-state index in [0.29, 0.717) is 11.1 Å². The molecule has 0 bridgehead atoms. The smallest absolute Gasteiger partial charge is 0.253 e. The molecule has 0 saturated heterocycles. The van der Waals surface area contributed by atoms with Crippen LogP contribution in [-0.4, -0.2) is 15.9 Å². The Hall–Kier alpha value is -2.95. The number of amides is 1. The molecule has 2 aromatic heterocycles. The fraction of sp³-hybridized carbons (Fsp3) is 0.118. The summed E-state index contributed by atoms with van der Waals surface area (Å²) in [6.07, 6.45) is 3.11. The van der Waals surface area contributed by atoms with Crippen molar-refractivity contribution in [1.29, 1.82) is 0 Å². The van der Waals surface area contributed by atoms with Crippen molar-refractivity contribution in [3.05, 3.63) is 75.8 Å². The summed E-state index contributed by atoms with van der Waals surface area (Å²) in [5, 5.41) is 3.70. The second kappa shape index (κ2) is 5.81. The second-order valence-corrected chi connectivity index (χ2v) is 5.08. The zero-order chi connectivity index (χ0) is 15.5. The fourth-order valence-corrected chi connectivity index (χ4v) is 2.34. The highest BCUT2D eigenvalue weighted by atomic mass is 16.1. The van der Waals surface area contributed by atoms with Crippen LogP contribution in [0.1, 0.15) is 21.5 Å². The van der Waals surface area contributed by atoms with E-state index in [4.69, 9.17) is 0 Å². The number of nitrogens with one attached hydrogen (secondary N) is 2. The van der Waals surface area contributed by atoms with Crippen LogP contribution in [0.5, 0.6) is 0 Å². The molecule has 1 amide bonds. The Labute approximate surface area is 127 Å². The number of pyridine rings is 2. The maximum Gasteiger partial charge on any atom is 0.253 e. The van der Waals surface area contributed by atoms with Crippen molar-refractivity contribution in [1.82, 2.24) is 15.3 Å². The Morgan fingerprint density at radius 1 is 1.23 bits per heavy atom. The number of aromatic nitrogens is 2. The van der Waals surface area contributed by atoms with Crippen LogP contribution in [-0.2, 0) is 6.54 Å². The van der Waals surface area contributed by atoms with Gasteiger partial charge in [-0.1, -0.05) is 18.2 Å². The molecular formula is C17H15N3O2. The monoisotopic (exact) mass is 293 g/mol. The summed E-state index contributed by atoms with van der Waals surface area (Å²) in [6.45, 7) is 2.13. The third-order valence-corrected chi connectivity index (χ3v) is 3.55. The van der Waals surface area contributed by atoms with Crippen LogP contribution in [0.2, 0.25) is 0 Å². The molecule has 0 atom stereocenters. The molecule has 0 spiro atoms. The van der Waals surface area contributed by atoms with Gasteiger partial charge in [0.25, 0.3) is 11.5 Å². The first-order chi connectivity index (χ1) is 10.6. The van der Waals surface area contributed by atoms with Gasteiger partial charge in [0.05, 0.1) is 5.52 Å². The number of para-hydroxylation sites is 1. The van der Waals surface area contributed by atoms with Crippen LogP contribution in [0.4, 0.5) is 0 Å². The highest BCUT2D eigenvalue weighted by Gasteiger charge is 2.08. The molecule has 0 radical (unpaired) electrons. The Morgan fingerprint density at radius 3 is 2.77 bits per heavy atom. The minimum atomic E-state index is -0.230. The molecule has 5 heteroatoms. The molecule has 0 fully saturated rings. The van der Waals surface area contributed by atoms with E-state index in [9.17, 15) is 9.59 Å². The van der Waals surface area contributed by atoms with E-state index in [-0.39, 0.29) is 18.0 Å². The van der Waals surface area contributed by atoms with E-state index in [1.807, 2.05) is 31.2 Å². The molecule has 0 aliphatic carbocycles. The van der Waals surface area contributed by atoms with Crippen molar-refractivity contribution in [3.8, 4) is 0 Å². The van der Waals surface area contributed by atoms with Crippen LogP contribution in [0.15, 0.2) is 53.6 Å². The van der Waals surface area contributed by atoms with Crippen LogP contribution in [0.3, 0.4) is 0 Å². The summed E-state index contributed by atoms with van der Waals surface area (Å²) < 4.78 is 0. The van der Waals surface area contributed by atoms with E-state index < -0.39 is 0 Å². The first kappa shape index (κ1) is 14.0. The molecule has 5 nitrogen and oxygen atoms in total. The lowest BCUT2D eigenvalue weighted by Gasteiger charge is -2.07. The zero-order valence-electron chi connectivity index (χ0n) is 12.1. The number of hydrogen-bond acceptors (Lipinski definition) is 3. The lowest BCUT2D eigenvalue weighted by Crippen LogP contribution is -2.26. The molecule has 3 aromatic rings. The average molecular weight is 293 g/mol. The van der Waals surface area contributed by atoms with Gasteiger partial charge in [-0.05, 0) is 36.1 Å². The van der Waals surface area contributed by atoms with Crippen molar-refractivity contribution in [2.45, 2.75) is 13.5 Å². The molecule has 0 unspecified atom stereocenters. The summed E-state index contributed by atoms with van der Waals surface area (Å²) >= 11 is 0. The largest absolute Gasteiger partial charge is 0.348 e. The zero-order valence-corrected chi connectivity index (χ0v) is 12.1. The van der Waals surface area contributed by atoms with Crippen molar-refractivity contribution in [3.63, 3.8) is 0 Å². The lowest BCUT2D eigenvalue weighted by atomic mass is 10.1. The lowest BCUT2D eigenvalue weighted by molar-refractivity contribution is 0.0950. The third-order valence-electron chi connectivity index (χ3n) is 3.55.